The second-order valence-corrected chi connectivity index (χ2v) is 11.7. The van der Waals surface area contributed by atoms with E-state index in [0.717, 1.165) is 38.5 Å². The molecule has 1 N–H and O–H groups in total. The van der Waals surface area contributed by atoms with Crippen molar-refractivity contribution in [2.45, 2.75) is 97.1 Å². The standard InChI is InChI=1S/C28H45N3O/c1-21(32)29-25-10-6-8-12-27(25)31-19-17-30(18-20-31)26-11-7-5-9-24(26)22-13-15-23(16-14-22)28(2,3)4/h5,7,9,11,22-23,25,27H,6,8,10,12-20H2,1-4H3,(H,29,32). The lowest BCUT2D eigenvalue weighted by Gasteiger charge is -2.45. The van der Waals surface area contributed by atoms with Crippen molar-refractivity contribution in [3.05, 3.63) is 29.8 Å². The first-order valence-corrected chi connectivity index (χ1v) is 13.2. The van der Waals surface area contributed by atoms with Crippen LogP contribution in [0, 0.1) is 11.3 Å². The van der Waals surface area contributed by atoms with Gasteiger partial charge in [-0.05, 0) is 67.4 Å². The van der Waals surface area contributed by atoms with E-state index in [2.05, 4.69) is 60.2 Å². The molecule has 1 saturated heterocycles. The lowest BCUT2D eigenvalue weighted by atomic mass is 9.68. The fraction of sp³-hybridized carbons (Fsp3) is 0.750. The van der Waals surface area contributed by atoms with E-state index < -0.39 is 0 Å². The van der Waals surface area contributed by atoms with Gasteiger partial charge in [-0.2, -0.15) is 0 Å². The number of hydrogen-bond acceptors (Lipinski definition) is 3. The Balaban J connectivity index is 1.39. The summed E-state index contributed by atoms with van der Waals surface area (Å²) in [5.74, 6) is 1.70. The number of carbonyl (C=O) groups is 1. The monoisotopic (exact) mass is 439 g/mol. The van der Waals surface area contributed by atoms with Gasteiger partial charge in [0.2, 0.25) is 5.91 Å². The first kappa shape index (κ1) is 23.6. The van der Waals surface area contributed by atoms with Crippen molar-refractivity contribution < 1.29 is 4.79 Å². The van der Waals surface area contributed by atoms with Gasteiger partial charge in [0.15, 0.2) is 0 Å². The summed E-state index contributed by atoms with van der Waals surface area (Å²) in [5, 5.41) is 3.24. The summed E-state index contributed by atoms with van der Waals surface area (Å²) < 4.78 is 0. The summed E-state index contributed by atoms with van der Waals surface area (Å²) in [5.41, 5.74) is 3.50. The average Bonchev–Trinajstić information content (AvgIpc) is 2.79. The van der Waals surface area contributed by atoms with Crippen LogP contribution in [0.15, 0.2) is 24.3 Å². The molecule has 1 aromatic carbocycles. The fourth-order valence-corrected chi connectivity index (χ4v) is 6.66. The van der Waals surface area contributed by atoms with Gasteiger partial charge in [-0.1, -0.05) is 51.8 Å². The zero-order valence-corrected chi connectivity index (χ0v) is 20.9. The molecule has 2 saturated carbocycles. The van der Waals surface area contributed by atoms with E-state index in [-0.39, 0.29) is 5.91 Å². The second-order valence-electron chi connectivity index (χ2n) is 11.7. The number of hydrogen-bond donors (Lipinski definition) is 1. The molecule has 3 fully saturated rings. The van der Waals surface area contributed by atoms with Crippen molar-refractivity contribution in [3.63, 3.8) is 0 Å². The highest BCUT2D eigenvalue weighted by molar-refractivity contribution is 5.73. The minimum Gasteiger partial charge on any atom is -0.369 e. The van der Waals surface area contributed by atoms with Crippen LogP contribution >= 0.6 is 0 Å². The van der Waals surface area contributed by atoms with E-state index >= 15 is 0 Å². The molecule has 32 heavy (non-hydrogen) atoms. The van der Waals surface area contributed by atoms with Crippen LogP contribution in [-0.4, -0.2) is 49.1 Å². The molecule has 2 atom stereocenters. The summed E-state index contributed by atoms with van der Waals surface area (Å²) in [7, 11) is 0. The Kier molecular flexibility index (Phi) is 7.49. The van der Waals surface area contributed by atoms with Gasteiger partial charge in [-0.25, -0.2) is 0 Å². The lowest BCUT2D eigenvalue weighted by Crippen LogP contribution is -2.58. The van der Waals surface area contributed by atoms with Gasteiger partial charge < -0.3 is 10.2 Å². The van der Waals surface area contributed by atoms with Crippen molar-refractivity contribution in [1.29, 1.82) is 0 Å². The van der Waals surface area contributed by atoms with Crippen LogP contribution in [0.1, 0.15) is 90.5 Å². The van der Waals surface area contributed by atoms with Gasteiger partial charge >= 0.3 is 0 Å². The van der Waals surface area contributed by atoms with E-state index in [9.17, 15) is 4.79 Å². The molecule has 0 bridgehead atoms. The normalized spacial score (nSPS) is 30.2. The number of amides is 1. The Morgan fingerprint density at radius 1 is 0.906 bits per heavy atom. The third-order valence-electron chi connectivity index (χ3n) is 8.57. The van der Waals surface area contributed by atoms with Gasteiger partial charge in [-0.3, -0.25) is 9.69 Å². The molecule has 4 rings (SSSR count). The van der Waals surface area contributed by atoms with Crippen LogP contribution < -0.4 is 10.2 Å². The van der Waals surface area contributed by atoms with E-state index in [1.54, 1.807) is 12.5 Å². The minimum atomic E-state index is 0.121. The molecule has 0 aromatic heterocycles. The highest BCUT2D eigenvalue weighted by Gasteiger charge is 2.34. The van der Waals surface area contributed by atoms with E-state index in [1.165, 1.54) is 50.6 Å². The highest BCUT2D eigenvalue weighted by Crippen LogP contribution is 2.45. The number of para-hydroxylation sites is 1. The van der Waals surface area contributed by atoms with Crippen molar-refractivity contribution in [2.24, 2.45) is 11.3 Å². The predicted octanol–water partition coefficient (Wildman–Crippen LogP) is 5.58. The smallest absolute Gasteiger partial charge is 0.217 e. The largest absolute Gasteiger partial charge is 0.369 e. The van der Waals surface area contributed by atoms with Gasteiger partial charge in [0, 0.05) is 50.9 Å². The summed E-state index contributed by atoms with van der Waals surface area (Å²) in [4.78, 5) is 17.0. The molecule has 0 spiro atoms. The topological polar surface area (TPSA) is 35.6 Å². The molecule has 3 aliphatic rings. The molecule has 0 radical (unpaired) electrons. The number of piperazine rings is 1. The molecule has 1 aromatic rings. The van der Waals surface area contributed by atoms with Crippen molar-refractivity contribution >= 4 is 11.6 Å². The highest BCUT2D eigenvalue weighted by atomic mass is 16.1. The maximum Gasteiger partial charge on any atom is 0.217 e. The summed E-state index contributed by atoms with van der Waals surface area (Å²) in [6, 6.07) is 10.1. The molecule has 1 heterocycles. The quantitative estimate of drug-likeness (QED) is 0.666. The van der Waals surface area contributed by atoms with Crippen molar-refractivity contribution in [2.75, 3.05) is 31.1 Å². The number of anilines is 1. The predicted molar refractivity (Wildman–Crippen MR) is 134 cm³/mol. The molecule has 1 aliphatic heterocycles. The molecule has 4 heteroatoms. The van der Waals surface area contributed by atoms with E-state index in [1.807, 2.05) is 0 Å². The number of nitrogens with one attached hydrogen (secondary N) is 1. The van der Waals surface area contributed by atoms with Gasteiger partial charge in [0.1, 0.15) is 0 Å². The van der Waals surface area contributed by atoms with Crippen molar-refractivity contribution in [1.82, 2.24) is 10.2 Å². The Morgan fingerprint density at radius 3 is 2.22 bits per heavy atom. The van der Waals surface area contributed by atoms with Gasteiger partial charge in [0.25, 0.3) is 0 Å². The number of benzene rings is 1. The third kappa shape index (κ3) is 5.50. The first-order chi connectivity index (χ1) is 15.3. The number of rotatable bonds is 4. The Hall–Kier alpha value is -1.55. The van der Waals surface area contributed by atoms with Gasteiger partial charge in [0.05, 0.1) is 0 Å². The molecule has 178 valence electrons. The fourth-order valence-electron chi connectivity index (χ4n) is 6.66. The number of carbonyl (C=O) groups excluding carboxylic acids is 1. The zero-order chi connectivity index (χ0) is 22.7. The molecule has 1 amide bonds. The van der Waals surface area contributed by atoms with Crippen LogP contribution in [0.25, 0.3) is 0 Å². The Morgan fingerprint density at radius 2 is 1.56 bits per heavy atom. The molecule has 2 aliphatic carbocycles. The summed E-state index contributed by atoms with van der Waals surface area (Å²) >= 11 is 0. The van der Waals surface area contributed by atoms with Crippen molar-refractivity contribution in [3.8, 4) is 0 Å². The Bertz CT molecular complexity index is 754. The second kappa shape index (κ2) is 10.2. The Labute approximate surface area is 196 Å². The molecule has 4 nitrogen and oxygen atoms in total. The molecular formula is C28H45N3O. The first-order valence-electron chi connectivity index (χ1n) is 13.2. The third-order valence-corrected chi connectivity index (χ3v) is 8.57. The lowest BCUT2D eigenvalue weighted by molar-refractivity contribution is -0.120. The van der Waals surface area contributed by atoms with Crippen LogP contribution in [-0.2, 0) is 4.79 Å². The zero-order valence-electron chi connectivity index (χ0n) is 20.9. The average molecular weight is 440 g/mol. The maximum atomic E-state index is 11.7. The molecular weight excluding hydrogens is 394 g/mol. The SMILES string of the molecule is CC(=O)NC1CCCCC1N1CCN(c2ccccc2C2CCC(C(C)(C)C)CC2)CC1. The van der Waals surface area contributed by atoms with Crippen LogP contribution in [0.4, 0.5) is 5.69 Å². The van der Waals surface area contributed by atoms with Crippen LogP contribution in [0.5, 0.6) is 0 Å². The van der Waals surface area contributed by atoms with E-state index in [4.69, 9.17) is 0 Å². The van der Waals surface area contributed by atoms with Crippen LogP contribution in [0.2, 0.25) is 0 Å². The summed E-state index contributed by atoms with van der Waals surface area (Å²) in [6.45, 7) is 13.3. The number of nitrogens with zero attached hydrogens (tertiary/aromatic N) is 2. The molecule has 2 unspecified atom stereocenters. The maximum absolute atomic E-state index is 11.7. The minimum absolute atomic E-state index is 0.121. The van der Waals surface area contributed by atoms with Crippen LogP contribution in [0.3, 0.4) is 0 Å². The summed E-state index contributed by atoms with van der Waals surface area (Å²) in [6.07, 6.45) is 10.3. The van der Waals surface area contributed by atoms with E-state index in [0.29, 0.717) is 23.4 Å². The van der Waals surface area contributed by atoms with Gasteiger partial charge in [-0.15, -0.1) is 0 Å².